The summed E-state index contributed by atoms with van der Waals surface area (Å²) in [6.07, 6.45) is 0.506. The molecule has 2 N–H and O–H groups in total. The van der Waals surface area contributed by atoms with Crippen molar-refractivity contribution in [2.45, 2.75) is 11.8 Å². The fourth-order valence-corrected chi connectivity index (χ4v) is 2.24. The summed E-state index contributed by atoms with van der Waals surface area (Å²) in [6.45, 7) is -0.381. The molecule has 0 spiro atoms. The fraction of sp³-hybridized carbons (Fsp3) is 0.250. The quantitative estimate of drug-likeness (QED) is 0.866. The molecule has 0 fully saturated rings. The molecule has 0 aliphatic carbocycles. The maximum Gasteiger partial charge on any atom is 0.123 e. The second kappa shape index (κ2) is 5.95. The molecule has 2 aromatic carbocycles. The third-order valence-corrected chi connectivity index (χ3v) is 3.45. The third-order valence-electron chi connectivity index (χ3n) is 3.45. The van der Waals surface area contributed by atoms with Crippen molar-refractivity contribution in [3.8, 4) is 0 Å². The number of halogens is 1. The highest BCUT2D eigenvalue weighted by Crippen LogP contribution is 2.28. The van der Waals surface area contributed by atoms with Crippen molar-refractivity contribution >= 4 is 0 Å². The van der Waals surface area contributed by atoms with Crippen molar-refractivity contribution < 1.29 is 14.6 Å². The van der Waals surface area contributed by atoms with Crippen LogP contribution in [-0.2, 0) is 11.8 Å². The summed E-state index contributed by atoms with van der Waals surface area (Å²) in [5.74, 6) is -0.326. The average Bonchev–Trinajstić information content (AvgIpc) is 2.47. The van der Waals surface area contributed by atoms with Crippen LogP contribution in [0.15, 0.2) is 54.6 Å². The lowest BCUT2D eigenvalue weighted by molar-refractivity contribution is 0.116. The lowest BCUT2D eigenvalue weighted by Crippen LogP contribution is -2.37. The van der Waals surface area contributed by atoms with Gasteiger partial charge < -0.3 is 10.2 Å². The van der Waals surface area contributed by atoms with Gasteiger partial charge in [0.15, 0.2) is 0 Å². The lowest BCUT2D eigenvalue weighted by Gasteiger charge is -2.30. The summed E-state index contributed by atoms with van der Waals surface area (Å²) >= 11 is 0. The van der Waals surface area contributed by atoms with Crippen LogP contribution in [0.25, 0.3) is 0 Å². The Morgan fingerprint density at radius 2 is 1.42 bits per heavy atom. The first-order chi connectivity index (χ1) is 9.20. The fourth-order valence-electron chi connectivity index (χ4n) is 2.24. The van der Waals surface area contributed by atoms with Crippen molar-refractivity contribution in [1.29, 1.82) is 0 Å². The zero-order valence-electron chi connectivity index (χ0n) is 10.6. The molecule has 100 valence electrons. The van der Waals surface area contributed by atoms with Crippen molar-refractivity contribution in [3.63, 3.8) is 0 Å². The topological polar surface area (TPSA) is 40.5 Å². The van der Waals surface area contributed by atoms with E-state index in [1.807, 2.05) is 30.3 Å². The van der Waals surface area contributed by atoms with Gasteiger partial charge in [-0.15, -0.1) is 0 Å². The molecule has 0 aliphatic rings. The number of aliphatic hydroxyl groups is 2. The van der Waals surface area contributed by atoms with Gasteiger partial charge in [0.25, 0.3) is 0 Å². The first-order valence-corrected chi connectivity index (χ1v) is 6.22. The standard InChI is InChI=1S/C16H17FO2/c17-15-8-6-14(7-9-15)16(11-18,12-19)10-13-4-2-1-3-5-13/h1-9,18-19H,10-12H2. The minimum atomic E-state index is -0.783. The van der Waals surface area contributed by atoms with Crippen LogP contribution in [0.2, 0.25) is 0 Å². The molecule has 0 saturated carbocycles. The number of rotatable bonds is 5. The Balaban J connectivity index is 2.34. The molecule has 2 aromatic rings. The van der Waals surface area contributed by atoms with Crippen LogP contribution in [-0.4, -0.2) is 23.4 Å². The van der Waals surface area contributed by atoms with Crippen molar-refractivity contribution in [3.05, 3.63) is 71.5 Å². The molecular formula is C16H17FO2. The number of benzene rings is 2. The Kier molecular flexibility index (Phi) is 4.30. The van der Waals surface area contributed by atoms with Crippen LogP contribution in [0.1, 0.15) is 11.1 Å². The van der Waals surface area contributed by atoms with E-state index in [-0.39, 0.29) is 19.0 Å². The molecule has 0 bridgehead atoms. The van der Waals surface area contributed by atoms with Gasteiger partial charge in [-0.05, 0) is 29.7 Å². The largest absolute Gasteiger partial charge is 0.395 e. The Morgan fingerprint density at radius 1 is 0.842 bits per heavy atom. The number of hydrogen-bond acceptors (Lipinski definition) is 2. The molecule has 3 heteroatoms. The van der Waals surface area contributed by atoms with Crippen LogP contribution >= 0.6 is 0 Å². The predicted octanol–water partition coefficient (Wildman–Crippen LogP) is 2.29. The van der Waals surface area contributed by atoms with Gasteiger partial charge in [-0.1, -0.05) is 42.5 Å². The summed E-state index contributed by atoms with van der Waals surface area (Å²) in [5, 5.41) is 19.4. The molecule has 0 unspecified atom stereocenters. The Hall–Kier alpha value is -1.71. The van der Waals surface area contributed by atoms with Crippen LogP contribution < -0.4 is 0 Å². The van der Waals surface area contributed by atoms with E-state index >= 15 is 0 Å². The van der Waals surface area contributed by atoms with E-state index in [0.717, 1.165) is 11.1 Å². The molecular weight excluding hydrogens is 243 g/mol. The summed E-state index contributed by atoms with van der Waals surface area (Å²) in [5.41, 5.74) is 0.979. The van der Waals surface area contributed by atoms with Crippen LogP contribution in [0, 0.1) is 5.82 Å². The van der Waals surface area contributed by atoms with E-state index in [4.69, 9.17) is 0 Å². The molecule has 0 aromatic heterocycles. The van der Waals surface area contributed by atoms with Crippen molar-refractivity contribution in [2.24, 2.45) is 0 Å². The SMILES string of the molecule is OCC(CO)(Cc1ccccc1)c1ccc(F)cc1. The summed E-state index contributed by atoms with van der Waals surface area (Å²) in [4.78, 5) is 0. The zero-order valence-corrected chi connectivity index (χ0v) is 10.6. The normalized spacial score (nSPS) is 11.5. The zero-order chi connectivity index (χ0) is 13.7. The highest BCUT2D eigenvalue weighted by atomic mass is 19.1. The molecule has 0 radical (unpaired) electrons. The van der Waals surface area contributed by atoms with Crippen LogP contribution in [0.3, 0.4) is 0 Å². The smallest absolute Gasteiger partial charge is 0.123 e. The van der Waals surface area contributed by atoms with E-state index in [2.05, 4.69) is 0 Å². The van der Waals surface area contributed by atoms with E-state index < -0.39 is 5.41 Å². The van der Waals surface area contributed by atoms with E-state index in [1.54, 1.807) is 12.1 Å². The molecule has 0 atom stereocenters. The molecule has 19 heavy (non-hydrogen) atoms. The monoisotopic (exact) mass is 260 g/mol. The molecule has 0 saturated heterocycles. The number of aliphatic hydroxyl groups excluding tert-OH is 2. The highest BCUT2D eigenvalue weighted by molar-refractivity contribution is 5.30. The molecule has 0 heterocycles. The van der Waals surface area contributed by atoms with Gasteiger partial charge in [0.05, 0.1) is 13.2 Å². The second-order valence-electron chi connectivity index (χ2n) is 4.77. The van der Waals surface area contributed by atoms with Crippen molar-refractivity contribution in [1.82, 2.24) is 0 Å². The number of hydrogen-bond donors (Lipinski definition) is 2. The van der Waals surface area contributed by atoms with E-state index in [9.17, 15) is 14.6 Å². The van der Waals surface area contributed by atoms with Crippen LogP contribution in [0.4, 0.5) is 4.39 Å². The third kappa shape index (κ3) is 3.00. The van der Waals surface area contributed by atoms with Gasteiger partial charge in [0.2, 0.25) is 0 Å². The van der Waals surface area contributed by atoms with Gasteiger partial charge in [0.1, 0.15) is 5.82 Å². The highest BCUT2D eigenvalue weighted by Gasteiger charge is 2.31. The first-order valence-electron chi connectivity index (χ1n) is 6.22. The molecule has 2 nitrogen and oxygen atoms in total. The molecule has 0 aliphatic heterocycles. The van der Waals surface area contributed by atoms with E-state index in [1.165, 1.54) is 12.1 Å². The second-order valence-corrected chi connectivity index (χ2v) is 4.77. The predicted molar refractivity (Wildman–Crippen MR) is 72.4 cm³/mol. The maximum absolute atomic E-state index is 13.0. The maximum atomic E-state index is 13.0. The molecule has 2 rings (SSSR count). The lowest BCUT2D eigenvalue weighted by atomic mass is 9.77. The Morgan fingerprint density at radius 3 is 1.95 bits per heavy atom. The average molecular weight is 260 g/mol. The minimum Gasteiger partial charge on any atom is -0.395 e. The molecule has 0 amide bonds. The Bertz CT molecular complexity index is 504. The van der Waals surface area contributed by atoms with Crippen molar-refractivity contribution in [2.75, 3.05) is 13.2 Å². The van der Waals surface area contributed by atoms with E-state index in [0.29, 0.717) is 6.42 Å². The summed E-state index contributed by atoms with van der Waals surface area (Å²) in [7, 11) is 0. The van der Waals surface area contributed by atoms with Crippen LogP contribution in [0.5, 0.6) is 0 Å². The van der Waals surface area contributed by atoms with Gasteiger partial charge >= 0.3 is 0 Å². The van der Waals surface area contributed by atoms with Gasteiger partial charge in [-0.3, -0.25) is 0 Å². The summed E-state index contributed by atoms with van der Waals surface area (Å²) in [6, 6.07) is 15.6. The summed E-state index contributed by atoms with van der Waals surface area (Å²) < 4.78 is 13.0. The van der Waals surface area contributed by atoms with Gasteiger partial charge in [-0.25, -0.2) is 4.39 Å². The van der Waals surface area contributed by atoms with Gasteiger partial charge in [0, 0.05) is 5.41 Å². The minimum absolute atomic E-state index is 0.190. The first kappa shape index (κ1) is 13.7. The van der Waals surface area contributed by atoms with Gasteiger partial charge in [-0.2, -0.15) is 0 Å². The Labute approximate surface area is 112 Å².